The van der Waals surface area contributed by atoms with E-state index in [0.717, 1.165) is 10.2 Å². The van der Waals surface area contributed by atoms with Crippen molar-refractivity contribution in [1.29, 1.82) is 0 Å². The van der Waals surface area contributed by atoms with Gasteiger partial charge in [-0.15, -0.1) is 0 Å². The number of nitrogens with zero attached hydrogens (tertiary/aromatic N) is 1. The highest BCUT2D eigenvalue weighted by molar-refractivity contribution is 9.10. The van der Waals surface area contributed by atoms with E-state index in [4.69, 9.17) is 0 Å². The van der Waals surface area contributed by atoms with Gasteiger partial charge in [-0.1, -0.05) is 15.9 Å². The average molecular weight is 345 g/mol. The van der Waals surface area contributed by atoms with Crippen molar-refractivity contribution in [1.82, 2.24) is 4.90 Å². The van der Waals surface area contributed by atoms with Crippen LogP contribution in [0.15, 0.2) is 28.7 Å². The van der Waals surface area contributed by atoms with Gasteiger partial charge < -0.3 is 10.2 Å². The van der Waals surface area contributed by atoms with Crippen LogP contribution in [0.25, 0.3) is 0 Å². The van der Waals surface area contributed by atoms with Crippen LogP contribution in [0.2, 0.25) is 0 Å². The van der Waals surface area contributed by atoms with Gasteiger partial charge in [0.15, 0.2) is 0 Å². The van der Waals surface area contributed by atoms with Crippen molar-refractivity contribution >= 4 is 38.4 Å². The number of hydrogen-bond acceptors (Lipinski definition) is 2. The molecular formula is C13H17BrN2O2S. The molecule has 1 heterocycles. The lowest BCUT2D eigenvalue weighted by Crippen LogP contribution is -2.53. The third-order valence-corrected chi connectivity index (χ3v) is 5.56. The smallest absolute Gasteiger partial charge is 0.321 e. The van der Waals surface area contributed by atoms with E-state index in [1.807, 2.05) is 38.1 Å². The number of rotatable bonds is 1. The molecule has 1 saturated heterocycles. The Balaban J connectivity index is 2.01. The van der Waals surface area contributed by atoms with Crippen molar-refractivity contribution in [3.8, 4) is 0 Å². The van der Waals surface area contributed by atoms with Crippen LogP contribution in [-0.2, 0) is 10.8 Å². The molecule has 2 amide bonds. The van der Waals surface area contributed by atoms with Crippen molar-refractivity contribution in [3.63, 3.8) is 0 Å². The molecule has 2 rings (SSSR count). The van der Waals surface area contributed by atoms with E-state index in [9.17, 15) is 9.00 Å². The molecular weight excluding hydrogens is 328 g/mol. The Bertz CT molecular complexity index is 502. The molecule has 4 nitrogen and oxygen atoms in total. The summed E-state index contributed by atoms with van der Waals surface area (Å²) in [5, 5.41) is 2.86. The quantitative estimate of drug-likeness (QED) is 0.851. The summed E-state index contributed by atoms with van der Waals surface area (Å²) in [6, 6.07) is 7.31. The number of nitrogens with one attached hydrogen (secondary N) is 1. The largest absolute Gasteiger partial charge is 0.322 e. The van der Waals surface area contributed by atoms with Crippen molar-refractivity contribution in [2.24, 2.45) is 0 Å². The zero-order valence-electron chi connectivity index (χ0n) is 11.0. The van der Waals surface area contributed by atoms with Gasteiger partial charge in [0, 0.05) is 39.8 Å². The number of carbonyl (C=O) groups excluding carboxylic acids is 1. The summed E-state index contributed by atoms with van der Waals surface area (Å²) in [4.78, 5) is 13.9. The van der Waals surface area contributed by atoms with Gasteiger partial charge in [0.25, 0.3) is 0 Å². The second-order valence-corrected chi connectivity index (χ2v) is 8.29. The highest BCUT2D eigenvalue weighted by atomic mass is 79.9. The van der Waals surface area contributed by atoms with E-state index in [1.54, 1.807) is 4.90 Å². The minimum atomic E-state index is -0.865. The third kappa shape index (κ3) is 3.57. The second kappa shape index (κ2) is 5.63. The fourth-order valence-electron chi connectivity index (χ4n) is 1.99. The molecule has 0 saturated carbocycles. The molecule has 1 N–H and O–H groups in total. The number of halogens is 1. The van der Waals surface area contributed by atoms with Crippen LogP contribution in [-0.4, -0.2) is 38.7 Å². The molecule has 104 valence electrons. The van der Waals surface area contributed by atoms with Gasteiger partial charge in [-0.3, -0.25) is 4.21 Å². The Kier molecular flexibility index (Phi) is 4.30. The first-order valence-electron chi connectivity index (χ1n) is 6.08. The summed E-state index contributed by atoms with van der Waals surface area (Å²) >= 11 is 3.35. The maximum atomic E-state index is 12.2. The monoisotopic (exact) mass is 344 g/mol. The van der Waals surface area contributed by atoms with Gasteiger partial charge in [-0.05, 0) is 38.1 Å². The fourth-order valence-corrected chi connectivity index (χ4v) is 3.49. The predicted octanol–water partition coefficient (Wildman–Crippen LogP) is 2.82. The molecule has 1 aliphatic heterocycles. The van der Waals surface area contributed by atoms with Crippen LogP contribution in [0, 0.1) is 0 Å². The predicted molar refractivity (Wildman–Crippen MR) is 81.8 cm³/mol. The van der Waals surface area contributed by atoms with Gasteiger partial charge in [0.05, 0.1) is 4.75 Å². The summed E-state index contributed by atoms with van der Waals surface area (Å²) in [5.74, 6) is 0.542. The lowest BCUT2D eigenvalue weighted by molar-refractivity contribution is 0.207. The second-order valence-electron chi connectivity index (χ2n) is 5.17. The normalized spacial score (nSPS) is 22.1. The first kappa shape index (κ1) is 14.5. The Morgan fingerprint density at radius 3 is 2.58 bits per heavy atom. The molecule has 0 aliphatic carbocycles. The van der Waals surface area contributed by atoms with Gasteiger partial charge in [-0.25, -0.2) is 4.79 Å². The molecule has 1 unspecified atom stereocenters. The maximum Gasteiger partial charge on any atom is 0.321 e. The van der Waals surface area contributed by atoms with Crippen LogP contribution < -0.4 is 5.32 Å². The number of amides is 2. The van der Waals surface area contributed by atoms with E-state index in [1.165, 1.54) is 0 Å². The number of benzene rings is 1. The fraction of sp³-hybridized carbons (Fsp3) is 0.462. The van der Waals surface area contributed by atoms with Gasteiger partial charge in [0.2, 0.25) is 0 Å². The number of carbonyl (C=O) groups is 1. The summed E-state index contributed by atoms with van der Waals surface area (Å²) in [6.07, 6.45) is 0. The Morgan fingerprint density at radius 1 is 1.37 bits per heavy atom. The molecule has 1 atom stereocenters. The van der Waals surface area contributed by atoms with Gasteiger partial charge >= 0.3 is 6.03 Å². The number of anilines is 1. The molecule has 0 bridgehead atoms. The Labute approximate surface area is 124 Å². The van der Waals surface area contributed by atoms with Crippen LogP contribution in [0.4, 0.5) is 10.5 Å². The van der Waals surface area contributed by atoms with Crippen LogP contribution in [0.3, 0.4) is 0 Å². The van der Waals surface area contributed by atoms with Crippen molar-refractivity contribution in [2.75, 3.05) is 24.2 Å². The molecule has 0 radical (unpaired) electrons. The third-order valence-electron chi connectivity index (χ3n) is 3.12. The highest BCUT2D eigenvalue weighted by Gasteiger charge is 2.35. The molecule has 1 fully saturated rings. The Morgan fingerprint density at radius 2 is 2.00 bits per heavy atom. The molecule has 6 heteroatoms. The summed E-state index contributed by atoms with van der Waals surface area (Å²) in [5.41, 5.74) is 0.762. The van der Waals surface area contributed by atoms with Crippen LogP contribution in [0.1, 0.15) is 13.8 Å². The summed E-state index contributed by atoms with van der Waals surface area (Å²) < 4.78 is 12.5. The number of hydrogen-bond donors (Lipinski definition) is 1. The van der Waals surface area contributed by atoms with E-state index in [0.29, 0.717) is 18.8 Å². The zero-order valence-corrected chi connectivity index (χ0v) is 13.4. The van der Waals surface area contributed by atoms with E-state index in [2.05, 4.69) is 21.2 Å². The first-order valence-corrected chi connectivity index (χ1v) is 8.20. The first-order chi connectivity index (χ1) is 8.88. The maximum absolute atomic E-state index is 12.2. The highest BCUT2D eigenvalue weighted by Crippen LogP contribution is 2.21. The summed E-state index contributed by atoms with van der Waals surface area (Å²) in [6.45, 7) is 4.92. The van der Waals surface area contributed by atoms with E-state index >= 15 is 0 Å². The Hall–Kier alpha value is -0.880. The SMILES string of the molecule is CC1(C)CN(C(=O)Nc2ccc(Br)cc2)CCS1=O. The zero-order chi connectivity index (χ0) is 14.0. The standard InChI is InChI=1S/C13H17BrN2O2S/c1-13(2)9-16(7-8-19(13)18)12(17)15-11-5-3-10(14)4-6-11/h3-6H,7-9H2,1-2H3,(H,15,17). The van der Waals surface area contributed by atoms with Crippen molar-refractivity contribution in [2.45, 2.75) is 18.6 Å². The number of urea groups is 1. The lowest BCUT2D eigenvalue weighted by atomic mass is 10.2. The molecule has 1 aromatic carbocycles. The van der Waals surface area contributed by atoms with Crippen LogP contribution in [0.5, 0.6) is 0 Å². The minimum Gasteiger partial charge on any atom is -0.322 e. The van der Waals surface area contributed by atoms with E-state index < -0.39 is 10.8 Å². The molecule has 19 heavy (non-hydrogen) atoms. The molecule has 0 aromatic heterocycles. The van der Waals surface area contributed by atoms with Crippen molar-refractivity contribution in [3.05, 3.63) is 28.7 Å². The summed E-state index contributed by atoms with van der Waals surface area (Å²) in [7, 11) is -0.865. The van der Waals surface area contributed by atoms with Gasteiger partial charge in [0.1, 0.15) is 0 Å². The van der Waals surface area contributed by atoms with Crippen molar-refractivity contribution < 1.29 is 9.00 Å². The average Bonchev–Trinajstić information content (AvgIpc) is 2.35. The van der Waals surface area contributed by atoms with Crippen LogP contribution >= 0.6 is 15.9 Å². The van der Waals surface area contributed by atoms with E-state index in [-0.39, 0.29) is 10.8 Å². The molecule has 1 aromatic rings. The molecule has 0 spiro atoms. The molecule has 1 aliphatic rings. The topological polar surface area (TPSA) is 49.4 Å². The lowest BCUT2D eigenvalue weighted by Gasteiger charge is -2.37. The van der Waals surface area contributed by atoms with Gasteiger partial charge in [-0.2, -0.15) is 0 Å². The minimum absolute atomic E-state index is 0.132.